The van der Waals surface area contributed by atoms with Crippen LogP contribution in [0.5, 0.6) is 0 Å². The van der Waals surface area contributed by atoms with Gasteiger partial charge in [-0.3, -0.25) is 0 Å². The summed E-state index contributed by atoms with van der Waals surface area (Å²) in [4.78, 5) is 5.04. The smallest absolute Gasteiger partial charge is 0.0505 e. The van der Waals surface area contributed by atoms with Crippen LogP contribution in [-0.2, 0) is 23.7 Å². The average Bonchev–Trinajstić information content (AvgIpc) is 3.84. The Balaban J connectivity index is 1.19. The molecule has 252 valence electrons. The van der Waals surface area contributed by atoms with E-state index < -0.39 is 0 Å². The molecule has 0 bridgehead atoms. The van der Waals surface area contributed by atoms with Gasteiger partial charge in [-0.05, 0) is 131 Å². The van der Waals surface area contributed by atoms with Crippen LogP contribution in [-0.4, -0.2) is 0 Å². The third-order valence-corrected chi connectivity index (χ3v) is 12.2. The molecule has 7 aromatic rings. The first kappa shape index (κ1) is 30.9. The van der Waals surface area contributed by atoms with E-state index in [4.69, 9.17) is 0 Å². The standard InChI is InChI=1S/C50H42N2/c1-49(2)43-25-13-12-24-41(43)42-29-28-40(34-44(42)49)52(39-22-10-5-11-23-39)46-27-15-17-36-31-33-50(48(36)46)32-30-35-16-14-26-45(47(35)50)51(37-18-6-3-7-19-37)38-20-8-4-9-21-38/h3-29,34H,30-33H2,1-2H3/t50-/m1/s1. The van der Waals surface area contributed by atoms with E-state index in [-0.39, 0.29) is 10.8 Å². The predicted molar refractivity (Wildman–Crippen MR) is 217 cm³/mol. The minimum atomic E-state index is -0.112. The van der Waals surface area contributed by atoms with Crippen molar-refractivity contribution in [1.82, 2.24) is 0 Å². The Morgan fingerprint density at radius 2 is 0.865 bits per heavy atom. The maximum Gasteiger partial charge on any atom is 0.0505 e. The van der Waals surface area contributed by atoms with Crippen LogP contribution in [0, 0.1) is 0 Å². The van der Waals surface area contributed by atoms with Gasteiger partial charge in [0.1, 0.15) is 0 Å². The van der Waals surface area contributed by atoms with E-state index in [1.165, 1.54) is 78.6 Å². The molecule has 0 amide bonds. The Bertz CT molecular complexity index is 2400. The van der Waals surface area contributed by atoms with Crippen LogP contribution in [0.25, 0.3) is 11.1 Å². The summed E-state index contributed by atoms with van der Waals surface area (Å²) in [7, 11) is 0. The number of para-hydroxylation sites is 3. The summed E-state index contributed by atoms with van der Waals surface area (Å²) in [6.07, 6.45) is 4.36. The Morgan fingerprint density at radius 1 is 0.404 bits per heavy atom. The molecule has 0 radical (unpaired) electrons. The highest BCUT2D eigenvalue weighted by atomic mass is 15.2. The largest absolute Gasteiger partial charge is 0.310 e. The third-order valence-electron chi connectivity index (χ3n) is 12.2. The molecule has 1 atom stereocenters. The molecule has 2 heteroatoms. The van der Waals surface area contributed by atoms with Gasteiger partial charge in [0.25, 0.3) is 0 Å². The first-order valence-electron chi connectivity index (χ1n) is 18.8. The minimum Gasteiger partial charge on any atom is -0.310 e. The minimum absolute atomic E-state index is 0.0816. The molecule has 52 heavy (non-hydrogen) atoms. The summed E-state index contributed by atoms with van der Waals surface area (Å²) in [6, 6.07) is 63.1. The van der Waals surface area contributed by atoms with Crippen molar-refractivity contribution in [2.24, 2.45) is 0 Å². The first-order valence-corrected chi connectivity index (χ1v) is 18.8. The van der Waals surface area contributed by atoms with Gasteiger partial charge in [0, 0.05) is 33.6 Å². The Labute approximate surface area is 307 Å². The molecular weight excluding hydrogens is 629 g/mol. The number of benzene rings is 7. The van der Waals surface area contributed by atoms with Gasteiger partial charge in [-0.2, -0.15) is 0 Å². The fourth-order valence-electron chi connectivity index (χ4n) is 9.93. The van der Waals surface area contributed by atoms with E-state index in [0.717, 1.165) is 25.7 Å². The van der Waals surface area contributed by atoms with Gasteiger partial charge >= 0.3 is 0 Å². The Hall–Kier alpha value is -5.86. The number of hydrogen-bond donors (Lipinski definition) is 0. The van der Waals surface area contributed by atoms with Crippen LogP contribution in [0.1, 0.15) is 60.1 Å². The van der Waals surface area contributed by atoms with Crippen molar-refractivity contribution in [1.29, 1.82) is 0 Å². The predicted octanol–water partition coefficient (Wildman–Crippen LogP) is 13.1. The van der Waals surface area contributed by atoms with E-state index in [9.17, 15) is 0 Å². The maximum absolute atomic E-state index is 2.55. The monoisotopic (exact) mass is 670 g/mol. The molecule has 0 unspecified atom stereocenters. The molecule has 0 N–H and O–H groups in total. The van der Waals surface area contributed by atoms with E-state index in [0.29, 0.717) is 0 Å². The molecule has 0 aliphatic heterocycles. The number of aryl methyl sites for hydroxylation is 2. The molecule has 3 aliphatic carbocycles. The lowest BCUT2D eigenvalue weighted by atomic mass is 9.74. The molecule has 0 fully saturated rings. The van der Waals surface area contributed by atoms with Crippen molar-refractivity contribution in [3.8, 4) is 11.1 Å². The number of rotatable bonds is 6. The zero-order chi connectivity index (χ0) is 34.9. The van der Waals surface area contributed by atoms with Gasteiger partial charge in [0.2, 0.25) is 0 Å². The van der Waals surface area contributed by atoms with Gasteiger partial charge in [-0.1, -0.05) is 123 Å². The molecular formula is C50H42N2. The molecule has 0 aromatic heterocycles. The van der Waals surface area contributed by atoms with E-state index in [2.05, 4.69) is 194 Å². The normalized spacial score (nSPS) is 17.3. The molecule has 0 heterocycles. The molecule has 10 rings (SSSR count). The second kappa shape index (κ2) is 11.9. The van der Waals surface area contributed by atoms with E-state index >= 15 is 0 Å². The van der Waals surface area contributed by atoms with Crippen molar-refractivity contribution in [3.05, 3.63) is 203 Å². The lowest BCUT2D eigenvalue weighted by molar-refractivity contribution is 0.508. The van der Waals surface area contributed by atoms with Crippen LogP contribution >= 0.6 is 0 Å². The van der Waals surface area contributed by atoms with Crippen LogP contribution < -0.4 is 9.80 Å². The molecule has 0 saturated heterocycles. The second-order valence-corrected chi connectivity index (χ2v) is 15.3. The van der Waals surface area contributed by atoms with Gasteiger partial charge in [0.05, 0.1) is 11.4 Å². The van der Waals surface area contributed by atoms with Gasteiger partial charge < -0.3 is 9.80 Å². The van der Waals surface area contributed by atoms with Crippen molar-refractivity contribution in [3.63, 3.8) is 0 Å². The van der Waals surface area contributed by atoms with Crippen LogP contribution in [0.4, 0.5) is 34.1 Å². The summed E-state index contributed by atoms with van der Waals surface area (Å²) in [5.74, 6) is 0. The summed E-state index contributed by atoms with van der Waals surface area (Å²) in [5.41, 5.74) is 18.6. The van der Waals surface area contributed by atoms with Gasteiger partial charge in [-0.15, -0.1) is 0 Å². The number of hydrogen-bond acceptors (Lipinski definition) is 2. The summed E-state index contributed by atoms with van der Waals surface area (Å²) >= 11 is 0. The third kappa shape index (κ3) is 4.57. The molecule has 3 aliphatic rings. The highest BCUT2D eigenvalue weighted by molar-refractivity contribution is 5.88. The fourth-order valence-corrected chi connectivity index (χ4v) is 9.93. The Kier molecular flexibility index (Phi) is 7.05. The van der Waals surface area contributed by atoms with E-state index in [1.807, 2.05) is 0 Å². The lowest BCUT2D eigenvalue weighted by Crippen LogP contribution is -2.27. The first-order chi connectivity index (χ1) is 25.5. The van der Waals surface area contributed by atoms with Crippen molar-refractivity contribution < 1.29 is 0 Å². The second-order valence-electron chi connectivity index (χ2n) is 15.3. The van der Waals surface area contributed by atoms with Crippen LogP contribution in [0.3, 0.4) is 0 Å². The number of anilines is 6. The summed E-state index contributed by atoms with van der Waals surface area (Å²) in [6.45, 7) is 4.76. The van der Waals surface area contributed by atoms with Gasteiger partial charge in [0.15, 0.2) is 0 Å². The van der Waals surface area contributed by atoms with Crippen molar-refractivity contribution >= 4 is 34.1 Å². The topological polar surface area (TPSA) is 6.48 Å². The van der Waals surface area contributed by atoms with Gasteiger partial charge in [-0.25, -0.2) is 0 Å². The lowest BCUT2D eigenvalue weighted by Gasteiger charge is -2.37. The van der Waals surface area contributed by atoms with E-state index in [1.54, 1.807) is 0 Å². The average molecular weight is 671 g/mol. The van der Waals surface area contributed by atoms with Crippen LogP contribution in [0.15, 0.2) is 170 Å². The Morgan fingerprint density at radius 3 is 1.40 bits per heavy atom. The molecule has 1 spiro atoms. The molecule has 0 saturated carbocycles. The summed E-state index contributed by atoms with van der Waals surface area (Å²) in [5, 5.41) is 0. The number of fused-ring (bicyclic) bond motifs is 7. The SMILES string of the molecule is CC1(C)c2ccccc2-c2ccc(N(c3ccccc3)c3cccc4c3[C@]3(CCc5cccc(N(c6ccccc6)c6ccccc6)c53)CC4)cc21. The zero-order valence-corrected chi connectivity index (χ0v) is 29.9. The molecule has 2 nitrogen and oxygen atoms in total. The highest BCUT2D eigenvalue weighted by Gasteiger charge is 2.49. The summed E-state index contributed by atoms with van der Waals surface area (Å²) < 4.78 is 0. The van der Waals surface area contributed by atoms with Crippen molar-refractivity contribution in [2.75, 3.05) is 9.80 Å². The fraction of sp³-hybridized carbons (Fsp3) is 0.160. The maximum atomic E-state index is 2.55. The highest BCUT2D eigenvalue weighted by Crippen LogP contribution is 2.60. The number of nitrogens with zero attached hydrogens (tertiary/aromatic N) is 2. The van der Waals surface area contributed by atoms with Crippen LogP contribution in [0.2, 0.25) is 0 Å². The quantitative estimate of drug-likeness (QED) is 0.174. The zero-order valence-electron chi connectivity index (χ0n) is 29.9. The molecule has 7 aromatic carbocycles. The van der Waals surface area contributed by atoms with Crippen molar-refractivity contribution in [2.45, 2.75) is 50.4 Å².